The smallest absolute Gasteiger partial charge is 0.323 e. The molecule has 1 amide bonds. The molecule has 0 spiro atoms. The Kier molecular flexibility index (Phi) is 4.85. The molecular formula is C15H19ClN2O3. The van der Waals surface area contributed by atoms with Crippen LogP contribution in [0.3, 0.4) is 0 Å². The molecule has 1 aliphatic heterocycles. The van der Waals surface area contributed by atoms with E-state index in [1.807, 2.05) is 4.90 Å². The Balaban J connectivity index is 1.86. The van der Waals surface area contributed by atoms with Crippen LogP contribution in [-0.2, 0) is 9.59 Å². The number of aliphatic carboxylic acids is 1. The number of rotatable bonds is 5. The van der Waals surface area contributed by atoms with E-state index in [0.717, 1.165) is 13.0 Å². The first kappa shape index (κ1) is 15.8. The topological polar surface area (TPSA) is 69.6 Å². The monoisotopic (exact) mass is 310 g/mol. The van der Waals surface area contributed by atoms with Gasteiger partial charge in [-0.05, 0) is 50.6 Å². The molecule has 1 aromatic rings. The maximum Gasteiger partial charge on any atom is 0.323 e. The summed E-state index contributed by atoms with van der Waals surface area (Å²) in [5, 5.41) is 12.7. The summed E-state index contributed by atoms with van der Waals surface area (Å²) < 4.78 is 0. The second-order valence-electron chi connectivity index (χ2n) is 5.47. The minimum absolute atomic E-state index is 0.128. The van der Waals surface area contributed by atoms with E-state index in [1.54, 1.807) is 31.2 Å². The highest BCUT2D eigenvalue weighted by atomic mass is 35.5. The molecule has 6 heteroatoms. The number of benzene rings is 1. The highest BCUT2D eigenvalue weighted by molar-refractivity contribution is 6.30. The zero-order chi connectivity index (χ0) is 15.5. The van der Waals surface area contributed by atoms with Gasteiger partial charge in [-0.15, -0.1) is 0 Å². The van der Waals surface area contributed by atoms with Crippen LogP contribution in [0.2, 0.25) is 5.02 Å². The second kappa shape index (κ2) is 6.45. The number of amides is 1. The van der Waals surface area contributed by atoms with Gasteiger partial charge in [0.2, 0.25) is 5.91 Å². The summed E-state index contributed by atoms with van der Waals surface area (Å²) in [6, 6.07) is 6.88. The Morgan fingerprint density at radius 3 is 2.67 bits per heavy atom. The maximum absolute atomic E-state index is 11.9. The molecule has 1 atom stereocenters. The van der Waals surface area contributed by atoms with E-state index in [4.69, 9.17) is 11.6 Å². The van der Waals surface area contributed by atoms with Crippen molar-refractivity contribution in [3.05, 3.63) is 29.3 Å². The fourth-order valence-electron chi connectivity index (χ4n) is 2.61. The van der Waals surface area contributed by atoms with Crippen molar-refractivity contribution in [2.24, 2.45) is 0 Å². The number of halogens is 1. The van der Waals surface area contributed by atoms with Crippen molar-refractivity contribution < 1.29 is 14.7 Å². The Bertz CT molecular complexity index is 532. The van der Waals surface area contributed by atoms with Crippen LogP contribution in [0.5, 0.6) is 0 Å². The molecule has 1 aliphatic rings. The lowest BCUT2D eigenvalue weighted by molar-refractivity contribution is -0.148. The largest absolute Gasteiger partial charge is 0.480 e. The summed E-state index contributed by atoms with van der Waals surface area (Å²) in [5.41, 5.74) is -0.160. The Hall–Kier alpha value is -1.59. The van der Waals surface area contributed by atoms with Gasteiger partial charge in [0.05, 0.1) is 0 Å². The Labute approximate surface area is 128 Å². The molecule has 1 heterocycles. The van der Waals surface area contributed by atoms with Crippen LogP contribution in [0.1, 0.15) is 26.2 Å². The highest BCUT2D eigenvalue weighted by Gasteiger charge is 2.42. The van der Waals surface area contributed by atoms with Crippen LogP contribution in [0.15, 0.2) is 24.3 Å². The fraction of sp³-hybridized carbons (Fsp3) is 0.467. The standard InChI is InChI=1S/C15H19ClN2O3/c1-15(14(20)21)8-2-9-18(15)10-7-13(19)17-12-5-3-11(16)4-6-12/h3-6H,2,7-10H2,1H3,(H,17,19)(H,20,21). The number of nitrogens with one attached hydrogen (secondary N) is 1. The van der Waals surface area contributed by atoms with E-state index in [0.29, 0.717) is 23.7 Å². The number of carboxylic acid groups (broad SMARTS) is 1. The van der Waals surface area contributed by atoms with E-state index in [9.17, 15) is 14.7 Å². The highest BCUT2D eigenvalue weighted by Crippen LogP contribution is 2.29. The van der Waals surface area contributed by atoms with Gasteiger partial charge in [0, 0.05) is 23.7 Å². The molecule has 21 heavy (non-hydrogen) atoms. The minimum Gasteiger partial charge on any atom is -0.480 e. The van der Waals surface area contributed by atoms with Gasteiger partial charge in [0.15, 0.2) is 0 Å². The van der Waals surface area contributed by atoms with Gasteiger partial charge in [-0.3, -0.25) is 14.5 Å². The van der Waals surface area contributed by atoms with Gasteiger partial charge in [-0.2, -0.15) is 0 Å². The fourth-order valence-corrected chi connectivity index (χ4v) is 2.74. The molecule has 114 valence electrons. The van der Waals surface area contributed by atoms with Gasteiger partial charge in [0.1, 0.15) is 5.54 Å². The first-order valence-electron chi connectivity index (χ1n) is 6.96. The van der Waals surface area contributed by atoms with Crippen molar-refractivity contribution >= 4 is 29.2 Å². The molecule has 1 aromatic carbocycles. The van der Waals surface area contributed by atoms with Gasteiger partial charge in [-0.1, -0.05) is 11.6 Å². The molecule has 1 unspecified atom stereocenters. The molecule has 2 rings (SSSR count). The summed E-state index contributed by atoms with van der Waals surface area (Å²) in [6.07, 6.45) is 1.74. The average molecular weight is 311 g/mol. The summed E-state index contributed by atoms with van der Waals surface area (Å²) in [7, 11) is 0. The third-order valence-electron chi connectivity index (χ3n) is 3.99. The predicted octanol–water partition coefficient (Wildman–Crippen LogP) is 2.61. The van der Waals surface area contributed by atoms with Gasteiger partial charge in [0.25, 0.3) is 0 Å². The normalized spacial score (nSPS) is 22.2. The van der Waals surface area contributed by atoms with E-state index in [1.165, 1.54) is 0 Å². The Morgan fingerprint density at radius 2 is 2.05 bits per heavy atom. The van der Waals surface area contributed by atoms with Gasteiger partial charge >= 0.3 is 5.97 Å². The first-order valence-corrected chi connectivity index (χ1v) is 7.33. The summed E-state index contributed by atoms with van der Waals surface area (Å²) in [5.74, 6) is -0.949. The van der Waals surface area contributed by atoms with Crippen molar-refractivity contribution in [3.8, 4) is 0 Å². The number of anilines is 1. The quantitative estimate of drug-likeness (QED) is 0.877. The molecule has 0 aromatic heterocycles. The van der Waals surface area contributed by atoms with Crippen LogP contribution in [0.25, 0.3) is 0 Å². The van der Waals surface area contributed by atoms with Crippen molar-refractivity contribution in [3.63, 3.8) is 0 Å². The molecule has 2 N–H and O–H groups in total. The Morgan fingerprint density at radius 1 is 1.38 bits per heavy atom. The molecule has 0 saturated carbocycles. The van der Waals surface area contributed by atoms with Crippen LogP contribution < -0.4 is 5.32 Å². The van der Waals surface area contributed by atoms with Crippen molar-refractivity contribution in [1.82, 2.24) is 4.90 Å². The van der Waals surface area contributed by atoms with Crippen LogP contribution >= 0.6 is 11.6 Å². The van der Waals surface area contributed by atoms with Crippen molar-refractivity contribution in [1.29, 1.82) is 0 Å². The zero-order valence-corrected chi connectivity index (χ0v) is 12.7. The van der Waals surface area contributed by atoms with E-state index < -0.39 is 11.5 Å². The summed E-state index contributed by atoms with van der Waals surface area (Å²) in [6.45, 7) is 2.89. The van der Waals surface area contributed by atoms with Crippen molar-refractivity contribution in [2.75, 3.05) is 18.4 Å². The number of hydrogen-bond acceptors (Lipinski definition) is 3. The molecular weight excluding hydrogens is 292 g/mol. The van der Waals surface area contributed by atoms with Crippen molar-refractivity contribution in [2.45, 2.75) is 31.7 Å². The van der Waals surface area contributed by atoms with Gasteiger partial charge < -0.3 is 10.4 Å². The number of carboxylic acids is 1. The number of carbonyl (C=O) groups excluding carboxylic acids is 1. The third kappa shape index (κ3) is 3.74. The second-order valence-corrected chi connectivity index (χ2v) is 5.91. The SMILES string of the molecule is CC1(C(=O)O)CCCN1CCC(=O)Nc1ccc(Cl)cc1. The number of likely N-dealkylation sites (tertiary alicyclic amines) is 1. The van der Waals surface area contributed by atoms with E-state index >= 15 is 0 Å². The predicted molar refractivity (Wildman–Crippen MR) is 81.5 cm³/mol. The van der Waals surface area contributed by atoms with Crippen LogP contribution in [-0.4, -0.2) is 40.5 Å². The lowest BCUT2D eigenvalue weighted by Crippen LogP contribution is -2.48. The third-order valence-corrected chi connectivity index (χ3v) is 4.24. The number of nitrogens with zero attached hydrogens (tertiary/aromatic N) is 1. The van der Waals surface area contributed by atoms with E-state index in [2.05, 4.69) is 5.32 Å². The molecule has 0 bridgehead atoms. The zero-order valence-electron chi connectivity index (χ0n) is 11.9. The van der Waals surface area contributed by atoms with E-state index in [-0.39, 0.29) is 12.3 Å². The van der Waals surface area contributed by atoms with Gasteiger partial charge in [-0.25, -0.2) is 0 Å². The number of hydrogen-bond donors (Lipinski definition) is 2. The lowest BCUT2D eigenvalue weighted by Gasteiger charge is -2.30. The average Bonchev–Trinajstić information content (AvgIpc) is 2.82. The number of carbonyl (C=O) groups is 2. The summed E-state index contributed by atoms with van der Waals surface area (Å²) in [4.78, 5) is 25.1. The maximum atomic E-state index is 11.9. The molecule has 0 radical (unpaired) electrons. The molecule has 5 nitrogen and oxygen atoms in total. The molecule has 0 aliphatic carbocycles. The lowest BCUT2D eigenvalue weighted by atomic mass is 9.99. The molecule has 1 fully saturated rings. The minimum atomic E-state index is -0.847. The first-order chi connectivity index (χ1) is 9.91. The van der Waals surface area contributed by atoms with Crippen LogP contribution in [0, 0.1) is 0 Å². The summed E-state index contributed by atoms with van der Waals surface area (Å²) >= 11 is 5.78. The van der Waals surface area contributed by atoms with Crippen LogP contribution in [0.4, 0.5) is 5.69 Å². The molecule has 1 saturated heterocycles.